The topological polar surface area (TPSA) is 3.24 Å². The van der Waals surface area contributed by atoms with Crippen molar-refractivity contribution in [3.8, 4) is 11.1 Å². The van der Waals surface area contributed by atoms with Crippen LogP contribution in [0.25, 0.3) is 38.6 Å². The Balaban J connectivity index is 1.30. The highest BCUT2D eigenvalue weighted by Gasteiger charge is 2.51. The van der Waals surface area contributed by atoms with Crippen LogP contribution in [0.3, 0.4) is 0 Å². The van der Waals surface area contributed by atoms with E-state index >= 15 is 0 Å². The van der Waals surface area contributed by atoms with Crippen LogP contribution in [0.4, 0.5) is 11.4 Å². The minimum atomic E-state index is -0.559. The maximum Gasteiger partial charge on any atom is 0.117 e. The molecular weight excluding hydrogens is 697 g/mol. The van der Waals surface area contributed by atoms with Crippen LogP contribution >= 0.6 is 0 Å². The lowest BCUT2D eigenvalue weighted by Crippen LogP contribution is -2.41. The van der Waals surface area contributed by atoms with Crippen molar-refractivity contribution in [2.24, 2.45) is 0 Å². The summed E-state index contributed by atoms with van der Waals surface area (Å²) >= 11 is 0. The second-order valence-electron chi connectivity index (χ2n) is 17.3. The van der Waals surface area contributed by atoms with Crippen LogP contribution in [0.1, 0.15) is 83.2 Å². The van der Waals surface area contributed by atoms with Gasteiger partial charge in [0.2, 0.25) is 0 Å². The molecule has 0 fully saturated rings. The monoisotopic (exact) mass is 739 g/mol. The summed E-state index contributed by atoms with van der Waals surface area (Å²) in [4.78, 5) is 2.64. The Bertz CT molecular complexity index is 3020. The van der Waals surface area contributed by atoms with E-state index < -0.39 is 5.41 Å². The highest BCUT2D eigenvalue weighted by molar-refractivity contribution is 6.42. The number of rotatable bonds is 3. The van der Waals surface area contributed by atoms with Gasteiger partial charge < -0.3 is 4.90 Å². The number of para-hydroxylation sites is 1. The quantitative estimate of drug-likeness (QED) is 0.163. The van der Waals surface area contributed by atoms with Gasteiger partial charge in [-0.25, -0.2) is 0 Å². The van der Waals surface area contributed by atoms with Crippen LogP contribution in [-0.2, 0) is 10.8 Å². The summed E-state index contributed by atoms with van der Waals surface area (Å²) in [7, 11) is 7.85. The van der Waals surface area contributed by atoms with Gasteiger partial charge in [-0.15, -0.1) is 0 Å². The van der Waals surface area contributed by atoms with E-state index in [1.165, 1.54) is 100 Å². The third-order valence-corrected chi connectivity index (χ3v) is 14.1. The van der Waals surface area contributed by atoms with Crippen molar-refractivity contribution in [1.29, 1.82) is 0 Å². The molecule has 0 atom stereocenters. The Morgan fingerprint density at radius 2 is 1.26 bits per heavy atom. The van der Waals surface area contributed by atoms with E-state index in [0.29, 0.717) is 0 Å². The Hall–Kier alpha value is -6.38. The van der Waals surface area contributed by atoms with Crippen LogP contribution in [0.5, 0.6) is 0 Å². The van der Waals surface area contributed by atoms with Gasteiger partial charge in [0.25, 0.3) is 0 Å². The molecule has 0 unspecified atom stereocenters. The van der Waals surface area contributed by atoms with Crippen molar-refractivity contribution < 1.29 is 0 Å². The minimum Gasteiger partial charge on any atom is -0.313 e. The Morgan fingerprint density at radius 1 is 0.603 bits per heavy atom. The van der Waals surface area contributed by atoms with E-state index in [1.54, 1.807) is 0 Å². The van der Waals surface area contributed by atoms with E-state index in [9.17, 15) is 0 Å². The Labute approximate surface area is 342 Å². The van der Waals surface area contributed by atoms with Crippen LogP contribution in [0.2, 0.25) is 0 Å². The molecule has 2 radical (unpaired) electrons. The number of aryl methyl sites for hydroxylation is 1. The van der Waals surface area contributed by atoms with Gasteiger partial charge in [0, 0.05) is 34.3 Å². The lowest BCUT2D eigenvalue weighted by molar-refractivity contribution is 0.660. The van der Waals surface area contributed by atoms with Gasteiger partial charge in [-0.1, -0.05) is 177 Å². The molecule has 7 aromatic carbocycles. The number of anilines is 2. The van der Waals surface area contributed by atoms with Gasteiger partial charge in [-0.05, 0) is 109 Å². The second kappa shape index (κ2) is 12.1. The van der Waals surface area contributed by atoms with Crippen molar-refractivity contribution in [3.63, 3.8) is 0 Å². The second-order valence-corrected chi connectivity index (χ2v) is 17.3. The minimum absolute atomic E-state index is 0.208. The third-order valence-electron chi connectivity index (χ3n) is 14.1. The number of fused-ring (bicyclic) bond motifs is 12. The van der Waals surface area contributed by atoms with Crippen LogP contribution in [-0.4, -0.2) is 7.85 Å². The van der Waals surface area contributed by atoms with Crippen molar-refractivity contribution in [3.05, 3.63) is 225 Å². The SMILES string of the molecule is [B]c1c2cc3c(c1N1C4=C(C=CC4)C(c4ccccc4)(c4ccccc4)c4cccc(c41)C1=C(c4cc5ccccc5cc4C)CCC=C12)-c1ccccc1C3(C)C. The first-order chi connectivity index (χ1) is 28.4. The lowest BCUT2D eigenvalue weighted by Gasteiger charge is -2.49. The van der Waals surface area contributed by atoms with Crippen molar-refractivity contribution in [2.75, 3.05) is 4.90 Å². The van der Waals surface area contributed by atoms with Crippen LogP contribution in [0.15, 0.2) is 175 Å². The molecule has 3 aliphatic carbocycles. The summed E-state index contributed by atoms with van der Waals surface area (Å²) in [6.07, 6.45) is 10.00. The first kappa shape index (κ1) is 33.7. The zero-order chi connectivity index (χ0) is 38.9. The molecule has 0 amide bonds. The summed E-state index contributed by atoms with van der Waals surface area (Å²) in [5.41, 5.74) is 23.2. The largest absolute Gasteiger partial charge is 0.313 e. The predicted molar refractivity (Wildman–Crippen MR) is 244 cm³/mol. The molecule has 0 saturated carbocycles. The molecule has 58 heavy (non-hydrogen) atoms. The predicted octanol–water partition coefficient (Wildman–Crippen LogP) is 13.1. The fourth-order valence-electron chi connectivity index (χ4n) is 11.6. The van der Waals surface area contributed by atoms with E-state index in [-0.39, 0.29) is 5.41 Å². The third kappa shape index (κ3) is 4.28. The maximum absolute atomic E-state index is 7.85. The first-order valence-electron chi connectivity index (χ1n) is 20.8. The van der Waals surface area contributed by atoms with Crippen molar-refractivity contribution in [1.82, 2.24) is 0 Å². The van der Waals surface area contributed by atoms with Crippen molar-refractivity contribution >= 4 is 52.2 Å². The molecular formula is C56H42BN. The Kier molecular flexibility index (Phi) is 7.02. The van der Waals surface area contributed by atoms with E-state index in [2.05, 4.69) is 189 Å². The van der Waals surface area contributed by atoms with E-state index in [0.717, 1.165) is 36.0 Å². The van der Waals surface area contributed by atoms with Gasteiger partial charge in [-0.2, -0.15) is 0 Å². The van der Waals surface area contributed by atoms with E-state index in [4.69, 9.17) is 7.85 Å². The van der Waals surface area contributed by atoms with Gasteiger partial charge >= 0.3 is 0 Å². The van der Waals surface area contributed by atoms with Gasteiger partial charge in [-0.3, -0.25) is 0 Å². The number of benzene rings is 7. The van der Waals surface area contributed by atoms with Gasteiger partial charge in [0.1, 0.15) is 7.85 Å². The average molecular weight is 740 g/mol. The molecule has 0 N–H and O–H groups in total. The summed E-state index contributed by atoms with van der Waals surface area (Å²) in [6, 6.07) is 54.7. The fourth-order valence-corrected chi connectivity index (χ4v) is 11.6. The molecule has 0 spiro atoms. The summed E-state index contributed by atoms with van der Waals surface area (Å²) in [6.45, 7) is 7.09. The smallest absolute Gasteiger partial charge is 0.117 e. The van der Waals surface area contributed by atoms with Crippen LogP contribution < -0.4 is 10.4 Å². The van der Waals surface area contributed by atoms with E-state index in [1.807, 2.05) is 0 Å². The average Bonchev–Trinajstić information content (AvgIpc) is 3.83. The molecule has 1 nitrogen and oxygen atoms in total. The zero-order valence-corrected chi connectivity index (χ0v) is 33.2. The number of hydrogen-bond donors (Lipinski definition) is 0. The molecule has 7 aromatic rings. The maximum atomic E-state index is 7.85. The highest BCUT2D eigenvalue weighted by Crippen LogP contribution is 2.64. The molecule has 5 aliphatic rings. The lowest BCUT2D eigenvalue weighted by atomic mass is 9.61. The number of nitrogens with zero attached hydrogens (tertiary/aromatic N) is 1. The Morgan fingerprint density at radius 3 is 2.02 bits per heavy atom. The summed E-state index contributed by atoms with van der Waals surface area (Å²) in [5.74, 6) is 0. The number of allylic oxidation sites excluding steroid dienone is 7. The fraction of sp³-hybridized carbons (Fsp3) is 0.143. The molecule has 2 aliphatic heterocycles. The standard InChI is InChI=1S/C56H42BN/c1-34-31-35-17-10-11-18-36(35)32-43(34)39-24-14-25-40-44-33-48-51(41-23-12-13-27-45(41)55(48,2)3)54(52(44)57)58-49-30-16-28-46(49)56(37-19-6-4-7-20-37,38-21-8-5-9-22-38)47-29-15-26-42(50(39)40)53(47)58/h4-13,15-23,25-29,31-33H,14,24,30H2,1-3H3. The van der Waals surface area contributed by atoms with Gasteiger partial charge in [0.15, 0.2) is 0 Å². The molecule has 2 bridgehead atoms. The first-order valence-corrected chi connectivity index (χ1v) is 20.8. The van der Waals surface area contributed by atoms with Crippen LogP contribution in [0, 0.1) is 6.92 Å². The zero-order valence-electron chi connectivity index (χ0n) is 33.2. The summed E-state index contributed by atoms with van der Waals surface area (Å²) < 4.78 is 0. The molecule has 12 rings (SSSR count). The highest BCUT2D eigenvalue weighted by atomic mass is 15.2. The van der Waals surface area contributed by atoms with Gasteiger partial charge in [0.05, 0.1) is 11.1 Å². The molecule has 0 aromatic heterocycles. The molecule has 274 valence electrons. The molecule has 0 saturated heterocycles. The normalized spacial score (nSPS) is 17.6. The molecule has 2 heterocycles. The van der Waals surface area contributed by atoms with Crippen molar-refractivity contribution in [2.45, 2.75) is 50.9 Å². The molecule has 2 heteroatoms. The summed E-state index contributed by atoms with van der Waals surface area (Å²) in [5, 5.41) is 2.55. The number of hydrogen-bond acceptors (Lipinski definition) is 1.